The summed E-state index contributed by atoms with van der Waals surface area (Å²) in [4.78, 5) is 11.1. The Balaban J connectivity index is 1.97. The largest absolute Gasteiger partial charge is 0.332 e. The average Bonchev–Trinajstić information content (AvgIpc) is 2.46. The van der Waals surface area contributed by atoms with Crippen LogP contribution in [0.15, 0.2) is 36.5 Å². The molecule has 0 radical (unpaired) electrons. The van der Waals surface area contributed by atoms with Crippen LogP contribution in [0.1, 0.15) is 16.8 Å². The smallest absolute Gasteiger partial charge is 0.226 e. The number of anilines is 1. The first kappa shape index (κ1) is 12.1. The van der Waals surface area contributed by atoms with Crippen LogP contribution in [-0.4, -0.2) is 22.6 Å². The number of nitrogens with zero attached hydrogens (tertiary/aromatic N) is 3. The molecular formula is C15H18N4. The number of nitrogens with two attached hydrogens (primary N) is 1. The van der Waals surface area contributed by atoms with E-state index in [-0.39, 0.29) is 6.04 Å². The fourth-order valence-corrected chi connectivity index (χ4v) is 2.61. The van der Waals surface area contributed by atoms with Gasteiger partial charge in [-0.3, -0.25) is 0 Å². The van der Waals surface area contributed by atoms with Crippen molar-refractivity contribution in [2.24, 2.45) is 5.73 Å². The SMILES string of the molecule is Cc1ccnc(N2Cc3ccccc3CC2CN)n1. The molecular weight excluding hydrogens is 236 g/mol. The average molecular weight is 254 g/mol. The van der Waals surface area contributed by atoms with Crippen molar-refractivity contribution in [2.45, 2.75) is 25.9 Å². The Hall–Kier alpha value is -1.94. The van der Waals surface area contributed by atoms with E-state index in [2.05, 4.69) is 39.1 Å². The fourth-order valence-electron chi connectivity index (χ4n) is 2.61. The molecule has 0 bridgehead atoms. The molecule has 2 N–H and O–H groups in total. The lowest BCUT2D eigenvalue weighted by Gasteiger charge is -2.36. The summed E-state index contributed by atoms with van der Waals surface area (Å²) in [6.45, 7) is 3.44. The van der Waals surface area contributed by atoms with Gasteiger partial charge in [0, 0.05) is 31.0 Å². The molecule has 0 fully saturated rings. The standard InChI is InChI=1S/C15H18N4/c1-11-6-7-17-15(18-11)19-10-13-5-3-2-4-12(13)8-14(19)9-16/h2-7,14H,8-10,16H2,1H3. The first-order valence-corrected chi connectivity index (χ1v) is 6.61. The highest BCUT2D eigenvalue weighted by Crippen LogP contribution is 2.25. The number of hydrogen-bond donors (Lipinski definition) is 1. The molecule has 4 heteroatoms. The summed E-state index contributed by atoms with van der Waals surface area (Å²) < 4.78 is 0. The number of rotatable bonds is 2. The second kappa shape index (κ2) is 4.97. The van der Waals surface area contributed by atoms with Crippen LogP contribution in [-0.2, 0) is 13.0 Å². The van der Waals surface area contributed by atoms with Crippen molar-refractivity contribution >= 4 is 5.95 Å². The van der Waals surface area contributed by atoms with Crippen molar-refractivity contribution in [3.63, 3.8) is 0 Å². The molecule has 1 aliphatic heterocycles. The molecule has 98 valence electrons. The van der Waals surface area contributed by atoms with Crippen molar-refractivity contribution < 1.29 is 0 Å². The first-order chi connectivity index (χ1) is 9.28. The van der Waals surface area contributed by atoms with E-state index in [1.54, 1.807) is 0 Å². The zero-order chi connectivity index (χ0) is 13.2. The maximum atomic E-state index is 5.93. The number of fused-ring (bicyclic) bond motifs is 1. The van der Waals surface area contributed by atoms with Crippen molar-refractivity contribution in [2.75, 3.05) is 11.4 Å². The first-order valence-electron chi connectivity index (χ1n) is 6.61. The van der Waals surface area contributed by atoms with Crippen LogP contribution in [0.25, 0.3) is 0 Å². The molecule has 1 atom stereocenters. The molecule has 0 saturated carbocycles. The highest BCUT2D eigenvalue weighted by Gasteiger charge is 2.26. The van der Waals surface area contributed by atoms with Crippen LogP contribution < -0.4 is 10.6 Å². The highest BCUT2D eigenvalue weighted by atomic mass is 15.3. The van der Waals surface area contributed by atoms with Crippen LogP contribution in [0.3, 0.4) is 0 Å². The topological polar surface area (TPSA) is 55.0 Å². The quantitative estimate of drug-likeness (QED) is 0.886. The second-order valence-electron chi connectivity index (χ2n) is 4.99. The van der Waals surface area contributed by atoms with Crippen molar-refractivity contribution in [1.82, 2.24) is 9.97 Å². The predicted octanol–water partition coefficient (Wildman–Crippen LogP) is 1.68. The third-order valence-electron chi connectivity index (χ3n) is 3.67. The van der Waals surface area contributed by atoms with Gasteiger partial charge in [-0.05, 0) is 30.5 Å². The lowest BCUT2D eigenvalue weighted by molar-refractivity contribution is 0.548. The molecule has 4 nitrogen and oxygen atoms in total. The summed E-state index contributed by atoms with van der Waals surface area (Å²) in [6.07, 6.45) is 2.77. The summed E-state index contributed by atoms with van der Waals surface area (Å²) >= 11 is 0. The summed E-state index contributed by atoms with van der Waals surface area (Å²) in [7, 11) is 0. The van der Waals surface area contributed by atoms with Crippen LogP contribution in [0.5, 0.6) is 0 Å². The van der Waals surface area contributed by atoms with Crippen molar-refractivity contribution in [3.05, 3.63) is 53.3 Å². The van der Waals surface area contributed by atoms with E-state index in [1.165, 1.54) is 11.1 Å². The van der Waals surface area contributed by atoms with Gasteiger partial charge in [0.05, 0.1) is 0 Å². The number of aromatic nitrogens is 2. The van der Waals surface area contributed by atoms with Gasteiger partial charge in [-0.25, -0.2) is 9.97 Å². The van der Waals surface area contributed by atoms with Gasteiger partial charge in [0.25, 0.3) is 0 Å². The van der Waals surface area contributed by atoms with Gasteiger partial charge >= 0.3 is 0 Å². The number of hydrogen-bond acceptors (Lipinski definition) is 4. The Morgan fingerprint density at radius 3 is 2.79 bits per heavy atom. The summed E-state index contributed by atoms with van der Waals surface area (Å²) in [6, 6.07) is 10.7. The monoisotopic (exact) mass is 254 g/mol. The third-order valence-corrected chi connectivity index (χ3v) is 3.67. The molecule has 1 unspecified atom stereocenters. The van der Waals surface area contributed by atoms with Gasteiger partial charge in [0.15, 0.2) is 0 Å². The van der Waals surface area contributed by atoms with Gasteiger partial charge < -0.3 is 10.6 Å². The van der Waals surface area contributed by atoms with Gasteiger partial charge in [-0.15, -0.1) is 0 Å². The molecule has 1 aromatic carbocycles. The van der Waals surface area contributed by atoms with E-state index in [1.807, 2.05) is 19.2 Å². The normalized spacial score (nSPS) is 18.2. The van der Waals surface area contributed by atoms with Crippen molar-refractivity contribution in [3.8, 4) is 0 Å². The van der Waals surface area contributed by atoms with Crippen LogP contribution in [0.2, 0.25) is 0 Å². The molecule has 19 heavy (non-hydrogen) atoms. The lowest BCUT2D eigenvalue weighted by atomic mass is 9.94. The summed E-state index contributed by atoms with van der Waals surface area (Å²) in [5.41, 5.74) is 9.65. The molecule has 0 aliphatic carbocycles. The Morgan fingerprint density at radius 1 is 1.26 bits per heavy atom. The Kier molecular flexibility index (Phi) is 3.17. The van der Waals surface area contributed by atoms with E-state index in [9.17, 15) is 0 Å². The van der Waals surface area contributed by atoms with E-state index < -0.39 is 0 Å². The highest BCUT2D eigenvalue weighted by molar-refractivity contribution is 5.42. The molecule has 1 aromatic heterocycles. The van der Waals surface area contributed by atoms with Gasteiger partial charge in [-0.2, -0.15) is 0 Å². The maximum Gasteiger partial charge on any atom is 0.226 e. The molecule has 2 aromatic rings. The molecule has 0 spiro atoms. The predicted molar refractivity (Wildman–Crippen MR) is 75.9 cm³/mol. The molecule has 0 amide bonds. The molecule has 2 heterocycles. The Labute approximate surface area is 113 Å². The Bertz CT molecular complexity index is 582. The minimum Gasteiger partial charge on any atom is -0.332 e. The molecule has 3 rings (SSSR count). The number of aryl methyl sites for hydroxylation is 1. The van der Waals surface area contributed by atoms with E-state index in [0.717, 1.165) is 24.6 Å². The fraction of sp³-hybridized carbons (Fsp3) is 0.333. The zero-order valence-electron chi connectivity index (χ0n) is 11.1. The van der Waals surface area contributed by atoms with Gasteiger partial charge in [0.2, 0.25) is 5.95 Å². The minimum atomic E-state index is 0.275. The van der Waals surface area contributed by atoms with Gasteiger partial charge in [-0.1, -0.05) is 24.3 Å². The van der Waals surface area contributed by atoms with E-state index in [4.69, 9.17) is 5.73 Å². The molecule has 0 saturated heterocycles. The lowest BCUT2D eigenvalue weighted by Crippen LogP contribution is -2.45. The van der Waals surface area contributed by atoms with Crippen LogP contribution >= 0.6 is 0 Å². The van der Waals surface area contributed by atoms with E-state index in [0.29, 0.717) is 6.54 Å². The number of benzene rings is 1. The van der Waals surface area contributed by atoms with Crippen LogP contribution in [0.4, 0.5) is 5.95 Å². The minimum absolute atomic E-state index is 0.275. The maximum absolute atomic E-state index is 5.93. The van der Waals surface area contributed by atoms with Crippen molar-refractivity contribution in [1.29, 1.82) is 0 Å². The van der Waals surface area contributed by atoms with Gasteiger partial charge in [0.1, 0.15) is 0 Å². The summed E-state index contributed by atoms with van der Waals surface area (Å²) in [5.74, 6) is 0.782. The Morgan fingerprint density at radius 2 is 2.05 bits per heavy atom. The molecule has 1 aliphatic rings. The summed E-state index contributed by atoms with van der Waals surface area (Å²) in [5, 5.41) is 0. The zero-order valence-corrected chi connectivity index (χ0v) is 11.1. The third kappa shape index (κ3) is 2.31. The van der Waals surface area contributed by atoms with E-state index >= 15 is 0 Å². The second-order valence-corrected chi connectivity index (χ2v) is 4.99. The van der Waals surface area contributed by atoms with Crippen LogP contribution in [0, 0.1) is 6.92 Å².